The Morgan fingerprint density at radius 2 is 2.24 bits per heavy atom. The minimum atomic E-state index is -2.54. The number of alkyl halides is 2. The molecule has 4 nitrogen and oxygen atoms in total. The molecule has 0 aliphatic carbocycles. The maximum Gasteiger partial charge on any atom is 0.255 e. The number of halogens is 2. The first-order valence-corrected chi connectivity index (χ1v) is 5.39. The van der Waals surface area contributed by atoms with Gasteiger partial charge in [0.2, 0.25) is 0 Å². The third kappa shape index (κ3) is 4.76. The molecule has 1 rings (SSSR count). The molecule has 94 valence electrons. The summed E-state index contributed by atoms with van der Waals surface area (Å²) in [4.78, 5) is 15.4. The summed E-state index contributed by atoms with van der Waals surface area (Å²) in [5.41, 5.74) is 0.271. The van der Waals surface area contributed by atoms with Gasteiger partial charge in [0.05, 0.1) is 12.1 Å². The van der Waals surface area contributed by atoms with E-state index in [1.165, 1.54) is 6.20 Å². The highest BCUT2D eigenvalue weighted by Gasteiger charge is 2.08. The van der Waals surface area contributed by atoms with Crippen molar-refractivity contribution in [1.29, 1.82) is 0 Å². The number of anilines is 1. The molecule has 6 heteroatoms. The largest absolute Gasteiger partial charge is 0.370 e. The third-order valence-electron chi connectivity index (χ3n) is 2.00. The molecular formula is C11H15F2N3O. The summed E-state index contributed by atoms with van der Waals surface area (Å²) < 4.78 is 23.7. The number of nitrogens with zero attached hydrogens (tertiary/aromatic N) is 1. The molecule has 0 unspecified atom stereocenters. The standard InChI is InChI=1S/C11H15F2N3O/c1-2-5-14-10-4-3-8(6-15-10)11(17)16-7-9(12)13/h3-4,6,9H,2,5,7H2,1H3,(H,14,15)(H,16,17). The smallest absolute Gasteiger partial charge is 0.255 e. The van der Waals surface area contributed by atoms with Crippen molar-refractivity contribution in [3.8, 4) is 0 Å². The molecule has 0 aliphatic heterocycles. The summed E-state index contributed by atoms with van der Waals surface area (Å²) in [5.74, 6) is 0.122. The van der Waals surface area contributed by atoms with E-state index in [2.05, 4.69) is 15.6 Å². The minimum Gasteiger partial charge on any atom is -0.370 e. The Hall–Kier alpha value is -1.72. The highest BCUT2D eigenvalue weighted by molar-refractivity contribution is 5.94. The first-order chi connectivity index (χ1) is 8.13. The lowest BCUT2D eigenvalue weighted by Crippen LogP contribution is -2.28. The van der Waals surface area contributed by atoms with Crippen LogP contribution in [0.3, 0.4) is 0 Å². The van der Waals surface area contributed by atoms with Crippen LogP contribution in [0.1, 0.15) is 23.7 Å². The molecule has 0 aliphatic rings. The molecule has 1 heterocycles. The Morgan fingerprint density at radius 3 is 2.76 bits per heavy atom. The summed E-state index contributed by atoms with van der Waals surface area (Å²) in [5, 5.41) is 5.16. The van der Waals surface area contributed by atoms with E-state index < -0.39 is 18.9 Å². The number of hydrogen-bond donors (Lipinski definition) is 2. The Balaban J connectivity index is 2.51. The summed E-state index contributed by atoms with van der Waals surface area (Å²) >= 11 is 0. The second-order valence-corrected chi connectivity index (χ2v) is 3.46. The van der Waals surface area contributed by atoms with Crippen LogP contribution in [0.5, 0.6) is 0 Å². The third-order valence-corrected chi connectivity index (χ3v) is 2.00. The van der Waals surface area contributed by atoms with Crippen LogP contribution in [0.4, 0.5) is 14.6 Å². The summed E-state index contributed by atoms with van der Waals surface area (Å²) in [6, 6.07) is 3.19. The predicted octanol–water partition coefficient (Wildman–Crippen LogP) is 1.90. The van der Waals surface area contributed by atoms with Crippen LogP contribution in [0.25, 0.3) is 0 Å². The molecule has 0 radical (unpaired) electrons. The number of carbonyl (C=O) groups excluding carboxylic acids is 1. The van der Waals surface area contributed by atoms with Gasteiger partial charge in [-0.2, -0.15) is 0 Å². The maximum atomic E-state index is 11.9. The summed E-state index contributed by atoms with van der Waals surface area (Å²) in [7, 11) is 0. The fourth-order valence-corrected chi connectivity index (χ4v) is 1.16. The number of hydrogen-bond acceptors (Lipinski definition) is 3. The Kier molecular flexibility index (Phi) is 5.32. The van der Waals surface area contributed by atoms with Gasteiger partial charge in [-0.25, -0.2) is 13.8 Å². The van der Waals surface area contributed by atoms with Gasteiger partial charge in [0, 0.05) is 12.7 Å². The van der Waals surface area contributed by atoms with Crippen molar-refractivity contribution in [3.05, 3.63) is 23.9 Å². The molecule has 0 bridgehead atoms. The molecule has 0 fully saturated rings. The predicted molar refractivity (Wildman–Crippen MR) is 61.4 cm³/mol. The quantitative estimate of drug-likeness (QED) is 0.802. The van der Waals surface area contributed by atoms with Crippen LogP contribution in [0.2, 0.25) is 0 Å². The van der Waals surface area contributed by atoms with E-state index in [0.717, 1.165) is 13.0 Å². The molecule has 2 N–H and O–H groups in total. The van der Waals surface area contributed by atoms with Gasteiger partial charge in [-0.05, 0) is 18.6 Å². The van der Waals surface area contributed by atoms with Crippen LogP contribution in [-0.2, 0) is 0 Å². The maximum absolute atomic E-state index is 11.9. The lowest BCUT2D eigenvalue weighted by Gasteiger charge is -2.06. The van der Waals surface area contributed by atoms with E-state index in [9.17, 15) is 13.6 Å². The molecule has 0 saturated carbocycles. The number of aromatic nitrogens is 1. The van der Waals surface area contributed by atoms with Gasteiger partial charge in [-0.15, -0.1) is 0 Å². The number of pyridine rings is 1. The normalized spacial score (nSPS) is 10.4. The monoisotopic (exact) mass is 243 g/mol. The number of carbonyl (C=O) groups is 1. The van der Waals surface area contributed by atoms with E-state index in [1.807, 2.05) is 6.92 Å². The molecule has 0 spiro atoms. The molecule has 17 heavy (non-hydrogen) atoms. The molecule has 1 aromatic heterocycles. The number of nitrogens with one attached hydrogen (secondary N) is 2. The van der Waals surface area contributed by atoms with Crippen molar-refractivity contribution in [2.45, 2.75) is 19.8 Å². The van der Waals surface area contributed by atoms with Crippen LogP contribution >= 0.6 is 0 Å². The zero-order chi connectivity index (χ0) is 12.7. The highest BCUT2D eigenvalue weighted by atomic mass is 19.3. The van der Waals surface area contributed by atoms with Gasteiger partial charge in [0.1, 0.15) is 5.82 Å². The Bertz CT molecular complexity index is 354. The second kappa shape index (κ2) is 6.78. The van der Waals surface area contributed by atoms with Crippen molar-refractivity contribution in [1.82, 2.24) is 10.3 Å². The first kappa shape index (κ1) is 13.3. The molecule has 0 aromatic carbocycles. The van der Waals surface area contributed by atoms with Crippen LogP contribution < -0.4 is 10.6 Å². The van der Waals surface area contributed by atoms with Gasteiger partial charge < -0.3 is 10.6 Å². The van der Waals surface area contributed by atoms with Gasteiger partial charge >= 0.3 is 0 Å². The van der Waals surface area contributed by atoms with Crippen molar-refractivity contribution >= 4 is 11.7 Å². The van der Waals surface area contributed by atoms with E-state index in [1.54, 1.807) is 12.1 Å². The SMILES string of the molecule is CCCNc1ccc(C(=O)NCC(F)F)cn1. The van der Waals surface area contributed by atoms with Crippen LogP contribution in [0, 0.1) is 0 Å². The molecular weight excluding hydrogens is 228 g/mol. The Labute approximate surface area is 98.4 Å². The first-order valence-electron chi connectivity index (χ1n) is 5.39. The van der Waals surface area contributed by atoms with Crippen molar-refractivity contribution in [2.24, 2.45) is 0 Å². The molecule has 0 saturated heterocycles. The minimum absolute atomic E-state index is 0.271. The Morgan fingerprint density at radius 1 is 1.47 bits per heavy atom. The average molecular weight is 243 g/mol. The van der Waals surface area contributed by atoms with Crippen molar-refractivity contribution in [3.63, 3.8) is 0 Å². The fraction of sp³-hybridized carbons (Fsp3) is 0.455. The van der Waals surface area contributed by atoms with Crippen LogP contribution in [-0.4, -0.2) is 30.4 Å². The van der Waals surface area contributed by atoms with E-state index in [-0.39, 0.29) is 5.56 Å². The molecule has 1 amide bonds. The number of amides is 1. The zero-order valence-corrected chi connectivity index (χ0v) is 9.54. The van der Waals surface area contributed by atoms with E-state index in [0.29, 0.717) is 5.82 Å². The van der Waals surface area contributed by atoms with E-state index >= 15 is 0 Å². The van der Waals surface area contributed by atoms with Gasteiger partial charge in [-0.3, -0.25) is 4.79 Å². The molecule has 0 atom stereocenters. The van der Waals surface area contributed by atoms with Crippen LogP contribution in [0.15, 0.2) is 18.3 Å². The molecule has 1 aromatic rings. The van der Waals surface area contributed by atoms with Crippen molar-refractivity contribution in [2.75, 3.05) is 18.4 Å². The number of rotatable bonds is 6. The highest BCUT2D eigenvalue weighted by Crippen LogP contribution is 2.05. The van der Waals surface area contributed by atoms with Gasteiger partial charge in [0.25, 0.3) is 12.3 Å². The zero-order valence-electron chi connectivity index (χ0n) is 9.54. The van der Waals surface area contributed by atoms with Gasteiger partial charge in [-0.1, -0.05) is 6.92 Å². The average Bonchev–Trinajstić information content (AvgIpc) is 2.34. The van der Waals surface area contributed by atoms with E-state index in [4.69, 9.17) is 0 Å². The fourth-order valence-electron chi connectivity index (χ4n) is 1.16. The lowest BCUT2D eigenvalue weighted by atomic mass is 10.2. The lowest BCUT2D eigenvalue weighted by molar-refractivity contribution is 0.0891. The van der Waals surface area contributed by atoms with Gasteiger partial charge in [0.15, 0.2) is 0 Å². The second-order valence-electron chi connectivity index (χ2n) is 3.46. The topological polar surface area (TPSA) is 54.0 Å². The van der Waals surface area contributed by atoms with Crippen molar-refractivity contribution < 1.29 is 13.6 Å². The summed E-state index contributed by atoms with van der Waals surface area (Å²) in [6.45, 7) is 2.18. The summed E-state index contributed by atoms with van der Waals surface area (Å²) in [6.07, 6.45) is -0.214.